The summed E-state index contributed by atoms with van der Waals surface area (Å²) in [5, 5.41) is 0. The van der Waals surface area contributed by atoms with E-state index in [1.54, 1.807) is 0 Å². The summed E-state index contributed by atoms with van der Waals surface area (Å²) >= 11 is 0. The molecule has 3 aliphatic rings. The quantitative estimate of drug-likeness (QED) is 0.798. The van der Waals surface area contributed by atoms with Crippen LogP contribution >= 0.6 is 0 Å². The van der Waals surface area contributed by atoms with Crippen molar-refractivity contribution in [3.63, 3.8) is 0 Å². The highest BCUT2D eigenvalue weighted by Gasteiger charge is 2.35. The van der Waals surface area contributed by atoms with Gasteiger partial charge in [0.1, 0.15) is 13.2 Å². The molecule has 0 amide bonds. The molecule has 4 rings (SSSR count). The lowest BCUT2D eigenvalue weighted by Crippen LogP contribution is -2.37. The Labute approximate surface area is 125 Å². The van der Waals surface area contributed by atoms with Crippen LogP contribution in [0.2, 0.25) is 0 Å². The molecule has 2 fully saturated rings. The van der Waals surface area contributed by atoms with Crippen molar-refractivity contribution in [2.45, 2.75) is 31.3 Å². The minimum atomic E-state index is 0.601. The van der Waals surface area contributed by atoms with Crippen LogP contribution in [-0.2, 0) is 0 Å². The van der Waals surface area contributed by atoms with E-state index >= 15 is 0 Å². The summed E-state index contributed by atoms with van der Waals surface area (Å²) in [4.78, 5) is 4.97. The fourth-order valence-corrected chi connectivity index (χ4v) is 3.90. The fourth-order valence-electron chi connectivity index (χ4n) is 3.90. The Hall–Kier alpha value is -1.62. The first kappa shape index (κ1) is 13.1. The molecule has 2 bridgehead atoms. The van der Waals surface area contributed by atoms with E-state index in [0.717, 1.165) is 42.0 Å². The van der Waals surface area contributed by atoms with Gasteiger partial charge in [-0.2, -0.15) is 0 Å². The highest BCUT2D eigenvalue weighted by Crippen LogP contribution is 2.40. The fraction of sp³-hybridized carbons (Fsp3) is 0.625. The summed E-state index contributed by atoms with van der Waals surface area (Å²) in [6.07, 6.45) is 3.84. The zero-order valence-corrected chi connectivity index (χ0v) is 12.5. The lowest BCUT2D eigenvalue weighted by molar-refractivity contribution is 0.172. The van der Waals surface area contributed by atoms with E-state index in [2.05, 4.69) is 22.9 Å². The van der Waals surface area contributed by atoms with Gasteiger partial charge in [-0.1, -0.05) is 0 Å². The van der Waals surface area contributed by atoms with Crippen molar-refractivity contribution < 1.29 is 9.47 Å². The zero-order valence-electron chi connectivity index (χ0n) is 12.5. The summed E-state index contributed by atoms with van der Waals surface area (Å²) in [5.74, 6) is 1.60. The Balaban J connectivity index is 1.64. The first-order valence-corrected chi connectivity index (χ1v) is 7.88. The second-order valence-corrected chi connectivity index (χ2v) is 6.34. The lowest BCUT2D eigenvalue weighted by Gasteiger charge is -2.30. The molecule has 0 saturated carbocycles. The number of rotatable bonds is 1. The van der Waals surface area contributed by atoms with E-state index in [4.69, 9.17) is 15.2 Å². The third-order valence-electron chi connectivity index (χ3n) is 5.18. The number of nitrogen functional groups attached to an aromatic ring is 1. The molecule has 2 N–H and O–H groups in total. The number of fused-ring (bicyclic) bond motifs is 3. The Kier molecular flexibility index (Phi) is 3.10. The van der Waals surface area contributed by atoms with Crippen LogP contribution in [-0.4, -0.2) is 50.3 Å². The van der Waals surface area contributed by atoms with E-state index in [0.29, 0.717) is 19.3 Å². The molecule has 21 heavy (non-hydrogen) atoms. The summed E-state index contributed by atoms with van der Waals surface area (Å²) in [6, 6.07) is 5.35. The van der Waals surface area contributed by atoms with E-state index < -0.39 is 0 Å². The molecule has 0 radical (unpaired) electrons. The first-order valence-electron chi connectivity index (χ1n) is 7.88. The molecular weight excluding hydrogens is 266 g/mol. The molecule has 3 heterocycles. The second kappa shape index (κ2) is 4.98. The van der Waals surface area contributed by atoms with Crippen molar-refractivity contribution in [2.75, 3.05) is 44.0 Å². The van der Waals surface area contributed by atoms with Crippen molar-refractivity contribution in [1.29, 1.82) is 0 Å². The maximum absolute atomic E-state index is 6.27. The van der Waals surface area contributed by atoms with Gasteiger partial charge >= 0.3 is 0 Å². The largest absolute Gasteiger partial charge is 0.486 e. The predicted molar refractivity (Wildman–Crippen MR) is 83.2 cm³/mol. The van der Waals surface area contributed by atoms with E-state index in [1.807, 2.05) is 6.07 Å². The van der Waals surface area contributed by atoms with Gasteiger partial charge in [0.2, 0.25) is 0 Å². The van der Waals surface area contributed by atoms with Gasteiger partial charge in [-0.05, 0) is 26.3 Å². The molecule has 0 aliphatic carbocycles. The molecule has 2 unspecified atom stereocenters. The van der Waals surface area contributed by atoms with Gasteiger partial charge in [-0.15, -0.1) is 0 Å². The molecule has 5 heteroatoms. The third kappa shape index (κ3) is 2.20. The highest BCUT2D eigenvalue weighted by atomic mass is 16.6. The molecular formula is C16H23N3O2. The highest BCUT2D eigenvalue weighted by molar-refractivity contribution is 5.73. The van der Waals surface area contributed by atoms with Crippen LogP contribution in [0.15, 0.2) is 12.1 Å². The number of likely N-dealkylation sites (N-methyl/N-ethyl adjacent to an activating group) is 1. The van der Waals surface area contributed by atoms with Crippen LogP contribution < -0.4 is 20.1 Å². The minimum absolute atomic E-state index is 0.601. The average Bonchev–Trinajstić information content (AvgIpc) is 2.72. The molecule has 0 aromatic heterocycles. The summed E-state index contributed by atoms with van der Waals surface area (Å²) in [6.45, 7) is 3.33. The normalized spacial score (nSPS) is 28.5. The van der Waals surface area contributed by atoms with E-state index in [1.165, 1.54) is 19.3 Å². The number of benzene rings is 1. The number of anilines is 2. The Morgan fingerprint density at radius 2 is 1.76 bits per heavy atom. The maximum atomic E-state index is 6.27. The molecule has 5 nitrogen and oxygen atoms in total. The summed E-state index contributed by atoms with van der Waals surface area (Å²) in [7, 11) is 2.26. The standard InChI is InChI=1S/C16H23N3O2/c1-18-11-2-3-12(18)10-19(5-4-11)14-9-16-15(8-13(14)17)20-6-7-21-16/h8-9,11-12H,2-7,10,17H2,1H3. The van der Waals surface area contributed by atoms with Gasteiger partial charge in [-0.25, -0.2) is 0 Å². The molecule has 1 aromatic rings. The van der Waals surface area contributed by atoms with Gasteiger partial charge < -0.3 is 20.1 Å². The third-order valence-corrected chi connectivity index (χ3v) is 5.18. The monoisotopic (exact) mass is 289 g/mol. The Morgan fingerprint density at radius 1 is 1.05 bits per heavy atom. The van der Waals surface area contributed by atoms with E-state index in [9.17, 15) is 0 Å². The number of nitrogens with two attached hydrogens (primary N) is 1. The summed E-state index contributed by atoms with van der Waals surface area (Å²) in [5.41, 5.74) is 8.16. The number of hydrogen-bond donors (Lipinski definition) is 1. The molecule has 2 atom stereocenters. The second-order valence-electron chi connectivity index (χ2n) is 6.34. The number of hydrogen-bond acceptors (Lipinski definition) is 5. The minimum Gasteiger partial charge on any atom is -0.486 e. The van der Waals surface area contributed by atoms with Crippen molar-refractivity contribution in [3.05, 3.63) is 12.1 Å². The molecule has 0 spiro atoms. The summed E-state index contributed by atoms with van der Waals surface area (Å²) < 4.78 is 11.3. The lowest BCUT2D eigenvalue weighted by atomic mass is 10.1. The molecule has 114 valence electrons. The smallest absolute Gasteiger partial charge is 0.163 e. The Bertz CT molecular complexity index is 549. The van der Waals surface area contributed by atoms with Crippen LogP contribution in [0, 0.1) is 0 Å². The average molecular weight is 289 g/mol. The van der Waals surface area contributed by atoms with Crippen molar-refractivity contribution in [1.82, 2.24) is 4.90 Å². The van der Waals surface area contributed by atoms with Gasteiger partial charge in [0.15, 0.2) is 11.5 Å². The number of nitrogens with zero attached hydrogens (tertiary/aromatic N) is 2. The number of ether oxygens (including phenoxy) is 2. The SMILES string of the molecule is CN1C2CCC1CN(c1cc3c(cc1N)OCCO3)CC2. The topological polar surface area (TPSA) is 51.0 Å². The van der Waals surface area contributed by atoms with Crippen LogP contribution in [0.4, 0.5) is 11.4 Å². The zero-order chi connectivity index (χ0) is 14.4. The van der Waals surface area contributed by atoms with Crippen molar-refractivity contribution >= 4 is 11.4 Å². The molecule has 3 aliphatic heterocycles. The van der Waals surface area contributed by atoms with Crippen LogP contribution in [0.1, 0.15) is 19.3 Å². The molecule has 1 aromatic carbocycles. The van der Waals surface area contributed by atoms with Gasteiger partial charge in [0.05, 0.1) is 11.4 Å². The van der Waals surface area contributed by atoms with Gasteiger partial charge in [0.25, 0.3) is 0 Å². The van der Waals surface area contributed by atoms with Crippen LogP contribution in [0.25, 0.3) is 0 Å². The Morgan fingerprint density at radius 3 is 2.57 bits per heavy atom. The van der Waals surface area contributed by atoms with Gasteiger partial charge in [-0.3, -0.25) is 4.90 Å². The van der Waals surface area contributed by atoms with Crippen molar-refractivity contribution in [2.24, 2.45) is 0 Å². The maximum Gasteiger partial charge on any atom is 0.163 e. The van der Waals surface area contributed by atoms with Crippen LogP contribution in [0.3, 0.4) is 0 Å². The predicted octanol–water partition coefficient (Wildman–Crippen LogP) is 1.71. The molecule has 2 saturated heterocycles. The van der Waals surface area contributed by atoms with Gasteiger partial charge in [0, 0.05) is 37.3 Å². The van der Waals surface area contributed by atoms with Crippen LogP contribution in [0.5, 0.6) is 11.5 Å². The van der Waals surface area contributed by atoms with Crippen molar-refractivity contribution in [3.8, 4) is 11.5 Å². The first-order chi connectivity index (χ1) is 10.2. The van der Waals surface area contributed by atoms with E-state index in [-0.39, 0.29) is 0 Å².